The SMILES string of the molecule is CCCC(NC(=O)[C@@H]1C2C(CN1C(=O)C(NC(=O)OC(C)(C)C)C(C)(C)C)C2(C)C)C(=O)C(=O)NC/C=C/c1ccccc1. The molecular formula is C34H50N4O6. The molecule has 0 bridgehead atoms. The Labute approximate surface area is 261 Å². The van der Waals surface area contributed by atoms with Crippen LogP contribution in [0.3, 0.4) is 0 Å². The van der Waals surface area contributed by atoms with E-state index in [-0.39, 0.29) is 36.1 Å². The van der Waals surface area contributed by atoms with Crippen molar-refractivity contribution in [3.05, 3.63) is 42.0 Å². The zero-order valence-corrected chi connectivity index (χ0v) is 27.7. The van der Waals surface area contributed by atoms with Gasteiger partial charge in [-0.1, -0.05) is 90.4 Å². The summed E-state index contributed by atoms with van der Waals surface area (Å²) in [5.74, 6) is -2.36. The third-order valence-corrected chi connectivity index (χ3v) is 8.46. The van der Waals surface area contributed by atoms with E-state index in [0.717, 1.165) is 5.56 Å². The molecule has 2 fully saturated rings. The maximum Gasteiger partial charge on any atom is 0.408 e. The van der Waals surface area contributed by atoms with Gasteiger partial charge in [0, 0.05) is 13.1 Å². The Kier molecular flexibility index (Phi) is 10.7. The number of nitrogens with zero attached hydrogens (tertiary/aromatic N) is 1. The number of carbonyl (C=O) groups is 5. The number of likely N-dealkylation sites (tertiary alicyclic amines) is 1. The highest BCUT2D eigenvalue weighted by Crippen LogP contribution is 2.65. The minimum Gasteiger partial charge on any atom is -0.444 e. The predicted molar refractivity (Wildman–Crippen MR) is 169 cm³/mol. The van der Waals surface area contributed by atoms with Crippen LogP contribution in [0.25, 0.3) is 6.08 Å². The molecule has 44 heavy (non-hydrogen) atoms. The Balaban J connectivity index is 1.74. The largest absolute Gasteiger partial charge is 0.444 e. The first-order valence-corrected chi connectivity index (χ1v) is 15.5. The Morgan fingerprint density at radius 3 is 2.23 bits per heavy atom. The van der Waals surface area contributed by atoms with E-state index in [1.807, 2.05) is 64.1 Å². The van der Waals surface area contributed by atoms with Gasteiger partial charge in [-0.25, -0.2) is 4.79 Å². The summed E-state index contributed by atoms with van der Waals surface area (Å²) in [6.07, 6.45) is 3.73. The van der Waals surface area contributed by atoms with Gasteiger partial charge in [0.25, 0.3) is 5.91 Å². The van der Waals surface area contributed by atoms with Crippen LogP contribution in [-0.4, -0.2) is 71.3 Å². The molecule has 5 atom stereocenters. The van der Waals surface area contributed by atoms with Gasteiger partial charge in [0.05, 0.1) is 6.04 Å². The van der Waals surface area contributed by atoms with Gasteiger partial charge >= 0.3 is 6.09 Å². The van der Waals surface area contributed by atoms with Crippen molar-refractivity contribution in [2.75, 3.05) is 13.1 Å². The molecule has 10 heteroatoms. The van der Waals surface area contributed by atoms with Crippen LogP contribution in [0.4, 0.5) is 4.79 Å². The standard InChI is InChI=1S/C34H50N4O6/c1-10-15-23(26(39)29(41)35-19-14-18-21-16-12-11-13-17-21)36-28(40)25-24-22(34(24,8)9)20-38(25)30(42)27(32(2,3)4)37-31(43)44-33(5,6)7/h11-14,16-18,22-25,27H,10,15,19-20H2,1-9H3,(H,35,41)(H,36,40)(H,37,43)/b18-14+/t22?,23?,24?,25-,27?/m0/s1. The predicted octanol–water partition coefficient (Wildman–Crippen LogP) is 4.09. The molecule has 3 N–H and O–H groups in total. The second-order valence-electron chi connectivity index (χ2n) is 14.6. The van der Waals surface area contributed by atoms with Gasteiger partial charge in [-0.3, -0.25) is 19.2 Å². The Morgan fingerprint density at radius 2 is 1.66 bits per heavy atom. The number of nitrogens with one attached hydrogen (secondary N) is 3. The molecule has 1 aliphatic carbocycles. The molecule has 1 saturated carbocycles. The molecule has 0 spiro atoms. The topological polar surface area (TPSA) is 134 Å². The van der Waals surface area contributed by atoms with Gasteiger partial charge in [-0.2, -0.15) is 0 Å². The average Bonchev–Trinajstić information content (AvgIpc) is 3.24. The number of hydrogen-bond acceptors (Lipinski definition) is 6. The van der Waals surface area contributed by atoms with Crippen LogP contribution in [-0.2, 0) is 23.9 Å². The van der Waals surface area contributed by atoms with Crippen molar-refractivity contribution in [2.24, 2.45) is 22.7 Å². The summed E-state index contributed by atoms with van der Waals surface area (Å²) in [5, 5.41) is 8.16. The van der Waals surface area contributed by atoms with E-state index < -0.39 is 52.8 Å². The average molecular weight is 611 g/mol. The molecule has 0 radical (unpaired) electrons. The maximum absolute atomic E-state index is 14.0. The summed E-state index contributed by atoms with van der Waals surface area (Å²) in [7, 11) is 0. The number of amides is 4. The number of carbonyl (C=O) groups excluding carboxylic acids is 5. The zero-order valence-electron chi connectivity index (χ0n) is 27.7. The number of benzene rings is 1. The molecule has 1 aliphatic heterocycles. The van der Waals surface area contributed by atoms with Crippen LogP contribution < -0.4 is 16.0 Å². The first-order chi connectivity index (χ1) is 20.4. The number of alkyl carbamates (subject to hydrolysis) is 1. The van der Waals surface area contributed by atoms with Crippen molar-refractivity contribution >= 4 is 35.7 Å². The van der Waals surface area contributed by atoms with Gasteiger partial charge in [0.1, 0.15) is 17.7 Å². The van der Waals surface area contributed by atoms with Crippen molar-refractivity contribution in [1.82, 2.24) is 20.9 Å². The van der Waals surface area contributed by atoms with Gasteiger partial charge in [0.2, 0.25) is 17.6 Å². The second kappa shape index (κ2) is 13.5. The molecular weight excluding hydrogens is 560 g/mol. The first kappa shape index (κ1) is 34.8. The van der Waals surface area contributed by atoms with E-state index in [1.165, 1.54) is 4.90 Å². The summed E-state index contributed by atoms with van der Waals surface area (Å²) in [4.78, 5) is 68.1. The highest BCUT2D eigenvalue weighted by Gasteiger charge is 2.70. The van der Waals surface area contributed by atoms with E-state index in [9.17, 15) is 24.0 Å². The fraction of sp³-hybridized carbons (Fsp3) is 0.618. The lowest BCUT2D eigenvalue weighted by Crippen LogP contribution is -2.60. The molecule has 4 amide bonds. The van der Waals surface area contributed by atoms with E-state index in [1.54, 1.807) is 26.8 Å². The molecule has 3 rings (SSSR count). The minimum absolute atomic E-state index is 0.101. The molecule has 1 aromatic rings. The van der Waals surface area contributed by atoms with Crippen molar-refractivity contribution in [3.8, 4) is 0 Å². The number of Topliss-reactive ketones (excluding diaryl/α,β-unsaturated/α-hetero) is 1. The fourth-order valence-corrected chi connectivity index (χ4v) is 6.02. The van der Waals surface area contributed by atoms with Crippen molar-refractivity contribution in [1.29, 1.82) is 0 Å². The number of hydrogen-bond donors (Lipinski definition) is 3. The van der Waals surface area contributed by atoms with E-state index in [4.69, 9.17) is 4.74 Å². The molecule has 10 nitrogen and oxygen atoms in total. The summed E-state index contributed by atoms with van der Waals surface area (Å²) in [6, 6.07) is 6.77. The number of rotatable bonds is 11. The van der Waals surface area contributed by atoms with E-state index >= 15 is 0 Å². The van der Waals surface area contributed by atoms with E-state index in [0.29, 0.717) is 13.0 Å². The van der Waals surface area contributed by atoms with Crippen LogP contribution in [0, 0.1) is 22.7 Å². The summed E-state index contributed by atoms with van der Waals surface area (Å²) < 4.78 is 5.42. The maximum atomic E-state index is 14.0. The first-order valence-electron chi connectivity index (χ1n) is 15.5. The highest BCUT2D eigenvalue weighted by atomic mass is 16.6. The quantitative estimate of drug-likeness (QED) is 0.323. The monoisotopic (exact) mass is 610 g/mol. The smallest absolute Gasteiger partial charge is 0.408 e. The summed E-state index contributed by atoms with van der Waals surface area (Å²) in [5.41, 5.74) is -0.620. The van der Waals surface area contributed by atoms with Crippen molar-refractivity contribution in [2.45, 2.75) is 98.9 Å². The van der Waals surface area contributed by atoms with Crippen LogP contribution >= 0.6 is 0 Å². The Hall–Kier alpha value is -3.69. The lowest BCUT2D eigenvalue weighted by Gasteiger charge is -2.38. The van der Waals surface area contributed by atoms with Crippen LogP contribution in [0.5, 0.6) is 0 Å². The highest BCUT2D eigenvalue weighted by molar-refractivity contribution is 6.38. The van der Waals surface area contributed by atoms with Gasteiger partial charge < -0.3 is 25.6 Å². The third kappa shape index (κ3) is 8.48. The minimum atomic E-state index is -1.03. The molecule has 0 aromatic heterocycles. The number of ether oxygens (including phenoxy) is 1. The number of piperidine rings is 1. The van der Waals surface area contributed by atoms with Crippen LogP contribution in [0.1, 0.15) is 80.7 Å². The summed E-state index contributed by atoms with van der Waals surface area (Å²) in [6.45, 7) is 17.3. The van der Waals surface area contributed by atoms with Gasteiger partial charge in [-0.15, -0.1) is 0 Å². The summed E-state index contributed by atoms with van der Waals surface area (Å²) >= 11 is 0. The molecule has 2 aliphatic rings. The Morgan fingerprint density at radius 1 is 1.02 bits per heavy atom. The lowest BCUT2D eigenvalue weighted by molar-refractivity contribution is -0.145. The van der Waals surface area contributed by atoms with E-state index in [2.05, 4.69) is 29.8 Å². The second-order valence-corrected chi connectivity index (χ2v) is 14.6. The molecule has 1 aromatic carbocycles. The van der Waals surface area contributed by atoms with Crippen LogP contribution in [0.2, 0.25) is 0 Å². The van der Waals surface area contributed by atoms with Crippen LogP contribution in [0.15, 0.2) is 36.4 Å². The zero-order chi connectivity index (χ0) is 33.0. The molecule has 1 heterocycles. The molecule has 4 unspecified atom stereocenters. The third-order valence-electron chi connectivity index (χ3n) is 8.46. The Bertz CT molecular complexity index is 1260. The number of fused-ring (bicyclic) bond motifs is 1. The normalized spacial score (nSPS) is 22.0. The number of ketones is 1. The van der Waals surface area contributed by atoms with Crippen molar-refractivity contribution in [3.63, 3.8) is 0 Å². The lowest BCUT2D eigenvalue weighted by atomic mass is 9.85. The van der Waals surface area contributed by atoms with Crippen molar-refractivity contribution < 1.29 is 28.7 Å². The molecule has 1 saturated heterocycles. The van der Waals surface area contributed by atoms with Gasteiger partial charge in [-0.05, 0) is 55.4 Å². The van der Waals surface area contributed by atoms with Gasteiger partial charge in [0.15, 0.2) is 0 Å². The molecule has 242 valence electrons. The fourth-order valence-electron chi connectivity index (χ4n) is 6.02.